The molecular weight excluding hydrogens is 248 g/mol. The molecule has 0 radical (unpaired) electrons. The first-order chi connectivity index (χ1) is 6.31. The van der Waals surface area contributed by atoms with E-state index >= 15 is 0 Å². The first-order valence-corrected chi connectivity index (χ1v) is 6.55. The summed E-state index contributed by atoms with van der Waals surface area (Å²) < 4.78 is 5.28. The van der Waals surface area contributed by atoms with Crippen LogP contribution in [0.2, 0.25) is 0 Å². The number of thiocarbonyl (C=S) groups is 1. The van der Waals surface area contributed by atoms with Crippen molar-refractivity contribution < 1.29 is 4.74 Å². The number of hydrogen-bond acceptors (Lipinski definition) is 2. The molecule has 0 heterocycles. The van der Waals surface area contributed by atoms with Crippen LogP contribution in [0.5, 0.6) is 0 Å². The van der Waals surface area contributed by atoms with E-state index in [2.05, 4.69) is 22.9 Å². The highest BCUT2D eigenvalue weighted by molar-refractivity contribution is 9.09. The third-order valence-corrected chi connectivity index (χ3v) is 2.47. The minimum Gasteiger partial charge on any atom is -0.486 e. The van der Waals surface area contributed by atoms with Gasteiger partial charge in [-0.15, -0.1) is 0 Å². The summed E-state index contributed by atoms with van der Waals surface area (Å²) in [6, 6.07) is 0. The van der Waals surface area contributed by atoms with Gasteiger partial charge in [0.2, 0.25) is 0 Å². The van der Waals surface area contributed by atoms with Crippen molar-refractivity contribution in [3.63, 3.8) is 0 Å². The van der Waals surface area contributed by atoms with E-state index in [-0.39, 0.29) is 0 Å². The molecule has 0 aliphatic carbocycles. The Morgan fingerprint density at radius 3 is 2.54 bits per heavy atom. The molecule has 0 aromatic heterocycles. The Labute approximate surface area is 95.4 Å². The number of halogens is 1. The van der Waals surface area contributed by atoms with Crippen molar-refractivity contribution in [1.82, 2.24) is 0 Å². The van der Waals surface area contributed by atoms with Gasteiger partial charge in [0.25, 0.3) is 0 Å². The highest BCUT2D eigenvalue weighted by Gasteiger charge is 1.96. The predicted octanol–water partition coefficient (Wildman–Crippen LogP) is 4.09. The molecule has 0 rings (SSSR count). The zero-order valence-corrected chi connectivity index (χ0v) is 10.8. The van der Waals surface area contributed by atoms with Crippen LogP contribution >= 0.6 is 28.1 Å². The number of alkyl halides is 1. The largest absolute Gasteiger partial charge is 0.486 e. The van der Waals surface area contributed by atoms with Crippen molar-refractivity contribution in [3.8, 4) is 0 Å². The molecule has 0 saturated heterocycles. The Morgan fingerprint density at radius 2 is 1.92 bits per heavy atom. The van der Waals surface area contributed by atoms with Crippen LogP contribution in [-0.4, -0.2) is 17.0 Å². The van der Waals surface area contributed by atoms with Crippen LogP contribution in [-0.2, 0) is 4.74 Å². The lowest BCUT2D eigenvalue weighted by atomic mass is 10.1. The fourth-order valence-corrected chi connectivity index (χ4v) is 1.49. The average molecular weight is 267 g/mol. The van der Waals surface area contributed by atoms with Crippen molar-refractivity contribution in [2.24, 2.45) is 0 Å². The Hall–Kier alpha value is 0.370. The van der Waals surface area contributed by atoms with Crippen LogP contribution in [0.25, 0.3) is 0 Å². The molecule has 0 aliphatic heterocycles. The van der Waals surface area contributed by atoms with Gasteiger partial charge < -0.3 is 4.74 Å². The first kappa shape index (κ1) is 13.4. The Kier molecular flexibility index (Phi) is 10.7. The van der Waals surface area contributed by atoms with Crippen molar-refractivity contribution >= 4 is 33.2 Å². The van der Waals surface area contributed by atoms with Gasteiger partial charge in [-0.25, -0.2) is 0 Å². The van der Waals surface area contributed by atoms with Crippen LogP contribution in [0, 0.1) is 0 Å². The van der Waals surface area contributed by atoms with Crippen LogP contribution in [0.1, 0.15) is 45.4 Å². The van der Waals surface area contributed by atoms with Crippen molar-refractivity contribution in [1.29, 1.82) is 0 Å². The van der Waals surface area contributed by atoms with Gasteiger partial charge in [-0.2, -0.15) is 0 Å². The maximum Gasteiger partial charge on any atom is 0.159 e. The molecule has 3 heteroatoms. The molecule has 0 aromatic rings. The second-order valence-corrected chi connectivity index (χ2v) is 4.32. The quantitative estimate of drug-likeness (QED) is 0.372. The Bertz CT molecular complexity index is 128. The molecule has 0 bridgehead atoms. The van der Waals surface area contributed by atoms with Crippen LogP contribution in [0.4, 0.5) is 0 Å². The molecule has 0 aromatic carbocycles. The summed E-state index contributed by atoms with van der Waals surface area (Å²) in [5.74, 6) is 0. The zero-order chi connectivity index (χ0) is 9.94. The highest BCUT2D eigenvalue weighted by Crippen LogP contribution is 2.06. The number of hydrogen-bond donors (Lipinski definition) is 0. The van der Waals surface area contributed by atoms with Gasteiger partial charge >= 0.3 is 0 Å². The van der Waals surface area contributed by atoms with Gasteiger partial charge in [0.15, 0.2) is 5.05 Å². The van der Waals surface area contributed by atoms with Gasteiger partial charge in [0.05, 0.1) is 6.61 Å². The summed E-state index contributed by atoms with van der Waals surface area (Å²) in [5.41, 5.74) is 0. The van der Waals surface area contributed by atoms with E-state index in [1.807, 2.05) is 0 Å². The maximum absolute atomic E-state index is 5.28. The molecule has 0 unspecified atom stereocenters. The van der Waals surface area contributed by atoms with E-state index in [4.69, 9.17) is 17.0 Å². The fraction of sp³-hybridized carbons (Fsp3) is 0.900. The SMILES string of the molecule is CCCCCCCC(=S)OCCBr. The molecule has 0 N–H and O–H groups in total. The molecule has 0 spiro atoms. The minimum atomic E-state index is 0.702. The molecule has 1 nitrogen and oxygen atoms in total. The minimum absolute atomic E-state index is 0.702. The fourth-order valence-electron chi connectivity index (χ4n) is 1.10. The van der Waals surface area contributed by atoms with E-state index in [0.29, 0.717) is 6.61 Å². The number of ether oxygens (including phenoxy) is 1. The lowest BCUT2D eigenvalue weighted by Crippen LogP contribution is -2.03. The molecule has 0 atom stereocenters. The Balaban J connectivity index is 3.08. The van der Waals surface area contributed by atoms with E-state index in [0.717, 1.165) is 16.8 Å². The lowest BCUT2D eigenvalue weighted by molar-refractivity contribution is 0.330. The summed E-state index contributed by atoms with van der Waals surface area (Å²) in [7, 11) is 0. The van der Waals surface area contributed by atoms with E-state index in [9.17, 15) is 0 Å². The van der Waals surface area contributed by atoms with E-state index in [1.54, 1.807) is 0 Å². The molecule has 0 amide bonds. The van der Waals surface area contributed by atoms with Crippen molar-refractivity contribution in [3.05, 3.63) is 0 Å². The second kappa shape index (κ2) is 10.5. The summed E-state index contributed by atoms with van der Waals surface area (Å²) >= 11 is 8.35. The van der Waals surface area contributed by atoms with Gasteiger partial charge in [0, 0.05) is 11.8 Å². The maximum atomic E-state index is 5.28. The number of rotatable bonds is 8. The molecule has 78 valence electrons. The second-order valence-electron chi connectivity index (χ2n) is 3.07. The summed E-state index contributed by atoms with van der Waals surface area (Å²) in [6.45, 7) is 2.93. The third kappa shape index (κ3) is 10.3. The molecule has 0 aliphatic rings. The van der Waals surface area contributed by atoms with Crippen molar-refractivity contribution in [2.45, 2.75) is 45.4 Å². The van der Waals surface area contributed by atoms with Crippen LogP contribution in [0.3, 0.4) is 0 Å². The Morgan fingerprint density at radius 1 is 1.23 bits per heavy atom. The topological polar surface area (TPSA) is 9.23 Å². The van der Waals surface area contributed by atoms with E-state index in [1.165, 1.54) is 32.1 Å². The zero-order valence-electron chi connectivity index (χ0n) is 8.35. The molecular formula is C10H19BrOS. The molecule has 0 saturated carbocycles. The highest BCUT2D eigenvalue weighted by atomic mass is 79.9. The smallest absolute Gasteiger partial charge is 0.159 e. The van der Waals surface area contributed by atoms with Gasteiger partial charge in [-0.3, -0.25) is 0 Å². The predicted molar refractivity (Wildman–Crippen MR) is 65.7 cm³/mol. The number of unbranched alkanes of at least 4 members (excludes halogenated alkanes) is 4. The van der Waals surface area contributed by atoms with Crippen molar-refractivity contribution in [2.75, 3.05) is 11.9 Å². The van der Waals surface area contributed by atoms with Crippen LogP contribution < -0.4 is 0 Å². The first-order valence-electron chi connectivity index (χ1n) is 5.02. The monoisotopic (exact) mass is 266 g/mol. The van der Waals surface area contributed by atoms with Crippen LogP contribution in [0.15, 0.2) is 0 Å². The van der Waals surface area contributed by atoms with Gasteiger partial charge in [-0.1, -0.05) is 48.5 Å². The molecule has 13 heavy (non-hydrogen) atoms. The summed E-state index contributed by atoms with van der Waals surface area (Å²) in [6.07, 6.45) is 7.38. The van der Waals surface area contributed by atoms with Gasteiger partial charge in [0.1, 0.15) is 0 Å². The van der Waals surface area contributed by atoms with E-state index < -0.39 is 0 Å². The standard InChI is InChI=1S/C10H19BrOS/c1-2-3-4-5-6-7-10(13)12-9-8-11/h2-9H2,1H3. The average Bonchev–Trinajstić information content (AvgIpc) is 2.14. The molecule has 0 fully saturated rings. The van der Waals surface area contributed by atoms with Gasteiger partial charge in [-0.05, 0) is 18.6 Å². The third-order valence-electron chi connectivity index (χ3n) is 1.82. The summed E-state index contributed by atoms with van der Waals surface area (Å²) in [4.78, 5) is 0. The normalized spacial score (nSPS) is 10.0. The lowest BCUT2D eigenvalue weighted by Gasteiger charge is -2.04. The summed E-state index contributed by atoms with van der Waals surface area (Å²) in [5, 5.41) is 1.64.